The van der Waals surface area contributed by atoms with Crippen molar-refractivity contribution in [1.82, 2.24) is 15.3 Å². The highest BCUT2D eigenvalue weighted by Crippen LogP contribution is 2.27. The molecule has 1 heterocycles. The van der Waals surface area contributed by atoms with Crippen molar-refractivity contribution in [1.29, 1.82) is 0 Å². The van der Waals surface area contributed by atoms with E-state index in [-0.39, 0.29) is 28.9 Å². The van der Waals surface area contributed by atoms with Crippen molar-refractivity contribution in [2.75, 3.05) is 7.11 Å². The molecule has 1 amide bonds. The number of carbonyl (C=O) groups excluding carboxylic acids is 1. The summed E-state index contributed by atoms with van der Waals surface area (Å²) in [6.45, 7) is 1.78. The molecule has 21 heavy (non-hydrogen) atoms. The van der Waals surface area contributed by atoms with Gasteiger partial charge in [0.15, 0.2) is 5.75 Å². The fraction of sp³-hybridized carbons (Fsp3) is 0.231. The van der Waals surface area contributed by atoms with E-state index >= 15 is 0 Å². The molecule has 1 aromatic heterocycles. The van der Waals surface area contributed by atoms with Gasteiger partial charge in [0.1, 0.15) is 5.82 Å². The standard InChI is InChI=1S/C13H14N4O4/c1-8(12-14-5-6-15-12)16-13(18)9-3-4-10(17(19)20)11(7-9)21-2/h3-8H,1-2H3,(H,14,15)(H,16,18). The molecular formula is C13H14N4O4. The molecule has 0 fully saturated rings. The molecule has 0 saturated carbocycles. The number of amides is 1. The van der Waals surface area contributed by atoms with E-state index in [1.54, 1.807) is 19.3 Å². The van der Waals surface area contributed by atoms with Gasteiger partial charge in [0.25, 0.3) is 5.91 Å². The summed E-state index contributed by atoms with van der Waals surface area (Å²) in [5.41, 5.74) is 0.0870. The van der Waals surface area contributed by atoms with Gasteiger partial charge in [-0.25, -0.2) is 4.98 Å². The predicted octanol–water partition coefficient (Wildman–Crippen LogP) is 1.82. The van der Waals surface area contributed by atoms with Crippen LogP contribution in [0.5, 0.6) is 5.75 Å². The third-order valence-corrected chi connectivity index (χ3v) is 2.92. The molecule has 0 aliphatic carbocycles. The number of benzene rings is 1. The van der Waals surface area contributed by atoms with Crippen LogP contribution in [0.1, 0.15) is 29.1 Å². The van der Waals surface area contributed by atoms with Crippen LogP contribution in [0.2, 0.25) is 0 Å². The van der Waals surface area contributed by atoms with E-state index in [1.807, 2.05) is 0 Å². The lowest BCUT2D eigenvalue weighted by Gasteiger charge is -2.12. The molecule has 8 nitrogen and oxygen atoms in total. The number of carbonyl (C=O) groups is 1. The molecule has 0 radical (unpaired) electrons. The van der Waals surface area contributed by atoms with Crippen LogP contribution in [-0.4, -0.2) is 27.9 Å². The average Bonchev–Trinajstić information content (AvgIpc) is 3.00. The molecule has 0 aliphatic heterocycles. The molecule has 110 valence electrons. The van der Waals surface area contributed by atoms with Crippen LogP contribution in [0.4, 0.5) is 5.69 Å². The highest BCUT2D eigenvalue weighted by atomic mass is 16.6. The van der Waals surface area contributed by atoms with Crippen LogP contribution < -0.4 is 10.1 Å². The number of nitrogens with zero attached hydrogens (tertiary/aromatic N) is 2. The first-order valence-corrected chi connectivity index (χ1v) is 6.15. The van der Waals surface area contributed by atoms with Crippen molar-refractivity contribution >= 4 is 11.6 Å². The lowest BCUT2D eigenvalue weighted by Crippen LogP contribution is -2.27. The number of nitrogens with one attached hydrogen (secondary N) is 2. The summed E-state index contributed by atoms with van der Waals surface area (Å²) in [6, 6.07) is 3.65. The largest absolute Gasteiger partial charge is 0.490 e. The highest BCUT2D eigenvalue weighted by Gasteiger charge is 2.19. The fourth-order valence-corrected chi connectivity index (χ4v) is 1.83. The van der Waals surface area contributed by atoms with Gasteiger partial charge in [0.2, 0.25) is 0 Å². The Balaban J connectivity index is 2.18. The number of nitro benzene ring substituents is 1. The first kappa shape index (κ1) is 14.5. The van der Waals surface area contributed by atoms with E-state index < -0.39 is 4.92 Å². The molecule has 1 unspecified atom stereocenters. The Morgan fingerprint density at radius 3 is 2.86 bits per heavy atom. The SMILES string of the molecule is COc1cc(C(=O)NC(C)c2ncc[nH]2)ccc1[N+](=O)[O-]. The number of hydrogen-bond donors (Lipinski definition) is 2. The molecule has 2 rings (SSSR count). The van der Waals surface area contributed by atoms with Crippen molar-refractivity contribution in [3.8, 4) is 5.75 Å². The number of aromatic nitrogens is 2. The zero-order valence-electron chi connectivity index (χ0n) is 11.5. The second-order valence-electron chi connectivity index (χ2n) is 4.31. The molecule has 0 bridgehead atoms. The van der Waals surface area contributed by atoms with Crippen LogP contribution in [0, 0.1) is 10.1 Å². The van der Waals surface area contributed by atoms with Gasteiger partial charge in [-0.1, -0.05) is 0 Å². The van der Waals surface area contributed by atoms with Gasteiger partial charge in [0.05, 0.1) is 18.1 Å². The third kappa shape index (κ3) is 3.16. The maximum absolute atomic E-state index is 12.1. The van der Waals surface area contributed by atoms with E-state index in [0.717, 1.165) is 0 Å². The number of ether oxygens (including phenoxy) is 1. The number of imidazole rings is 1. The summed E-state index contributed by atoms with van der Waals surface area (Å²) in [6.07, 6.45) is 3.25. The fourth-order valence-electron chi connectivity index (χ4n) is 1.83. The summed E-state index contributed by atoms with van der Waals surface area (Å²) in [5.74, 6) is 0.294. The Hall–Kier alpha value is -2.90. The molecule has 1 aromatic carbocycles. The zero-order chi connectivity index (χ0) is 15.4. The van der Waals surface area contributed by atoms with Gasteiger partial charge < -0.3 is 15.0 Å². The van der Waals surface area contributed by atoms with Gasteiger partial charge in [-0.15, -0.1) is 0 Å². The molecule has 0 spiro atoms. The van der Waals surface area contributed by atoms with Crippen molar-refractivity contribution in [3.63, 3.8) is 0 Å². The van der Waals surface area contributed by atoms with Crippen molar-refractivity contribution in [2.24, 2.45) is 0 Å². The molecule has 0 aliphatic rings. The maximum Gasteiger partial charge on any atom is 0.310 e. The Labute approximate surface area is 120 Å². The lowest BCUT2D eigenvalue weighted by molar-refractivity contribution is -0.385. The van der Waals surface area contributed by atoms with Crippen LogP contribution in [0.15, 0.2) is 30.6 Å². The third-order valence-electron chi connectivity index (χ3n) is 2.92. The molecule has 8 heteroatoms. The van der Waals surface area contributed by atoms with E-state index in [0.29, 0.717) is 5.82 Å². The number of hydrogen-bond acceptors (Lipinski definition) is 5. The second-order valence-corrected chi connectivity index (χ2v) is 4.31. The minimum absolute atomic E-state index is 0.0401. The van der Waals surface area contributed by atoms with Crippen molar-refractivity contribution in [2.45, 2.75) is 13.0 Å². The van der Waals surface area contributed by atoms with Crippen molar-refractivity contribution < 1.29 is 14.5 Å². The van der Waals surface area contributed by atoms with Crippen LogP contribution in [0.25, 0.3) is 0 Å². The van der Waals surface area contributed by atoms with E-state index in [4.69, 9.17) is 4.74 Å². The van der Waals surface area contributed by atoms with E-state index in [2.05, 4.69) is 15.3 Å². The minimum Gasteiger partial charge on any atom is -0.490 e. The summed E-state index contributed by atoms with van der Waals surface area (Å²) in [5, 5.41) is 13.5. The van der Waals surface area contributed by atoms with E-state index in [1.165, 1.54) is 25.3 Å². The normalized spacial score (nSPS) is 11.7. The maximum atomic E-state index is 12.1. The smallest absolute Gasteiger partial charge is 0.310 e. The lowest BCUT2D eigenvalue weighted by atomic mass is 10.1. The molecule has 2 N–H and O–H groups in total. The predicted molar refractivity (Wildman–Crippen MR) is 74.1 cm³/mol. The Bertz CT molecular complexity index is 654. The van der Waals surface area contributed by atoms with Gasteiger partial charge in [0, 0.05) is 30.1 Å². The molecular weight excluding hydrogens is 276 g/mol. The molecule has 1 atom stereocenters. The zero-order valence-corrected chi connectivity index (χ0v) is 11.5. The number of H-pyrrole nitrogens is 1. The van der Waals surface area contributed by atoms with Crippen molar-refractivity contribution in [3.05, 3.63) is 52.1 Å². The number of methoxy groups -OCH3 is 1. The molecule has 0 saturated heterocycles. The van der Waals surface area contributed by atoms with Gasteiger partial charge in [-0.05, 0) is 13.0 Å². The Kier molecular flexibility index (Phi) is 4.17. The van der Waals surface area contributed by atoms with E-state index in [9.17, 15) is 14.9 Å². The Morgan fingerprint density at radius 2 is 2.29 bits per heavy atom. The van der Waals surface area contributed by atoms with Crippen LogP contribution >= 0.6 is 0 Å². The van der Waals surface area contributed by atoms with Gasteiger partial charge in [-0.3, -0.25) is 14.9 Å². The number of nitro groups is 1. The summed E-state index contributed by atoms with van der Waals surface area (Å²) in [4.78, 5) is 29.3. The van der Waals surface area contributed by atoms with Crippen LogP contribution in [0.3, 0.4) is 0 Å². The summed E-state index contributed by atoms with van der Waals surface area (Å²) < 4.78 is 4.93. The summed E-state index contributed by atoms with van der Waals surface area (Å²) >= 11 is 0. The molecule has 2 aromatic rings. The number of aromatic amines is 1. The van der Waals surface area contributed by atoms with Gasteiger partial charge >= 0.3 is 5.69 Å². The minimum atomic E-state index is -0.564. The first-order chi connectivity index (χ1) is 10.0. The summed E-state index contributed by atoms with van der Waals surface area (Å²) in [7, 11) is 1.31. The Morgan fingerprint density at radius 1 is 1.52 bits per heavy atom. The van der Waals surface area contributed by atoms with Crippen LogP contribution in [-0.2, 0) is 0 Å². The quantitative estimate of drug-likeness (QED) is 0.644. The monoisotopic (exact) mass is 290 g/mol. The average molecular weight is 290 g/mol. The van der Waals surface area contributed by atoms with Gasteiger partial charge in [-0.2, -0.15) is 0 Å². The first-order valence-electron chi connectivity index (χ1n) is 6.15. The topological polar surface area (TPSA) is 110 Å². The highest BCUT2D eigenvalue weighted by molar-refractivity contribution is 5.95. The number of rotatable bonds is 5. The second kappa shape index (κ2) is 6.04.